The fourth-order valence-electron chi connectivity index (χ4n) is 2.23. The summed E-state index contributed by atoms with van der Waals surface area (Å²) in [7, 11) is 1.42. The summed E-state index contributed by atoms with van der Waals surface area (Å²) in [5, 5.41) is 10.5. The first-order chi connectivity index (χ1) is 8.17. The molecule has 1 saturated heterocycles. The van der Waals surface area contributed by atoms with Gasteiger partial charge in [0.15, 0.2) is 11.6 Å². The van der Waals surface area contributed by atoms with Gasteiger partial charge < -0.3 is 14.6 Å². The molecule has 0 bridgehead atoms. The molecule has 0 aromatic heterocycles. The highest BCUT2D eigenvalue weighted by Crippen LogP contribution is 2.36. The summed E-state index contributed by atoms with van der Waals surface area (Å²) in [6, 6.07) is 4.86. The summed E-state index contributed by atoms with van der Waals surface area (Å²) < 4.78 is 24.3. The lowest BCUT2D eigenvalue weighted by Crippen LogP contribution is -2.27. The molecule has 4 heteroatoms. The van der Waals surface area contributed by atoms with Crippen LogP contribution in [0.4, 0.5) is 4.39 Å². The van der Waals surface area contributed by atoms with Crippen molar-refractivity contribution in [2.24, 2.45) is 0 Å². The Morgan fingerprint density at radius 3 is 2.94 bits per heavy atom. The van der Waals surface area contributed by atoms with E-state index >= 15 is 0 Å². The lowest BCUT2D eigenvalue weighted by molar-refractivity contribution is 0.0109. The van der Waals surface area contributed by atoms with Gasteiger partial charge in [0, 0.05) is 25.2 Å². The molecule has 2 rings (SSSR count). The largest absolute Gasteiger partial charge is 0.494 e. The molecule has 1 aliphatic heterocycles. The third-order valence-electron chi connectivity index (χ3n) is 3.22. The van der Waals surface area contributed by atoms with Gasteiger partial charge in [-0.25, -0.2) is 4.39 Å². The summed E-state index contributed by atoms with van der Waals surface area (Å²) in [5.41, 5.74) is -0.836. The van der Waals surface area contributed by atoms with Gasteiger partial charge in [-0.2, -0.15) is 0 Å². The molecule has 0 saturated carbocycles. The molecule has 0 amide bonds. The molecule has 1 heterocycles. The van der Waals surface area contributed by atoms with Gasteiger partial charge in [0.2, 0.25) is 0 Å². The molecule has 1 aromatic rings. The molecule has 0 aliphatic carbocycles. The lowest BCUT2D eigenvalue weighted by Gasteiger charge is -2.27. The number of rotatable bonds is 2. The van der Waals surface area contributed by atoms with Gasteiger partial charge in [-0.15, -0.1) is 0 Å². The SMILES string of the molecule is COc1cccc(C2(O)CCCOCC2)c1F. The van der Waals surface area contributed by atoms with E-state index in [0.29, 0.717) is 31.6 Å². The first-order valence-corrected chi connectivity index (χ1v) is 5.80. The lowest BCUT2D eigenvalue weighted by atomic mass is 9.86. The molecule has 0 spiro atoms. The van der Waals surface area contributed by atoms with Crippen LogP contribution in [-0.2, 0) is 10.3 Å². The van der Waals surface area contributed by atoms with Crippen LogP contribution in [0.3, 0.4) is 0 Å². The summed E-state index contributed by atoms with van der Waals surface area (Å²) in [4.78, 5) is 0. The molecule has 17 heavy (non-hydrogen) atoms. The molecule has 1 aromatic carbocycles. The fraction of sp³-hybridized carbons (Fsp3) is 0.538. The Labute approximate surface area is 100 Å². The third-order valence-corrected chi connectivity index (χ3v) is 3.22. The van der Waals surface area contributed by atoms with E-state index in [1.807, 2.05) is 0 Å². The first-order valence-electron chi connectivity index (χ1n) is 5.80. The number of halogens is 1. The van der Waals surface area contributed by atoms with Crippen molar-refractivity contribution in [2.45, 2.75) is 24.9 Å². The van der Waals surface area contributed by atoms with Crippen molar-refractivity contribution >= 4 is 0 Å². The highest BCUT2D eigenvalue weighted by atomic mass is 19.1. The van der Waals surface area contributed by atoms with Gasteiger partial charge in [-0.05, 0) is 18.9 Å². The van der Waals surface area contributed by atoms with E-state index in [9.17, 15) is 9.50 Å². The molecule has 1 N–H and O–H groups in total. The Morgan fingerprint density at radius 2 is 2.18 bits per heavy atom. The number of ether oxygens (including phenoxy) is 2. The third kappa shape index (κ3) is 2.42. The molecule has 0 radical (unpaired) electrons. The maximum atomic E-state index is 14.1. The minimum Gasteiger partial charge on any atom is -0.494 e. The second kappa shape index (κ2) is 5.02. The average molecular weight is 240 g/mol. The Hall–Kier alpha value is -1.13. The molecule has 1 aliphatic rings. The standard InChI is InChI=1S/C13H17FO3/c1-16-11-5-2-4-10(12(11)14)13(15)6-3-8-17-9-7-13/h2,4-5,15H,3,6-9H2,1H3. The second-order valence-corrected chi connectivity index (χ2v) is 4.32. The van der Waals surface area contributed by atoms with Crippen molar-refractivity contribution in [1.29, 1.82) is 0 Å². The van der Waals surface area contributed by atoms with E-state index in [-0.39, 0.29) is 5.75 Å². The van der Waals surface area contributed by atoms with Gasteiger partial charge in [0.05, 0.1) is 12.7 Å². The van der Waals surface area contributed by atoms with Crippen molar-refractivity contribution in [1.82, 2.24) is 0 Å². The van der Waals surface area contributed by atoms with E-state index < -0.39 is 11.4 Å². The number of methoxy groups -OCH3 is 1. The van der Waals surface area contributed by atoms with Crippen LogP contribution in [0.15, 0.2) is 18.2 Å². The molecule has 1 unspecified atom stereocenters. The second-order valence-electron chi connectivity index (χ2n) is 4.32. The normalized spacial score (nSPS) is 25.4. The monoisotopic (exact) mass is 240 g/mol. The predicted octanol–water partition coefficient (Wildman–Crippen LogP) is 2.22. The number of hydrogen-bond acceptors (Lipinski definition) is 3. The minimum atomic E-state index is -1.14. The molecule has 1 fully saturated rings. The minimum absolute atomic E-state index is 0.168. The predicted molar refractivity (Wildman–Crippen MR) is 61.5 cm³/mol. The Morgan fingerprint density at radius 1 is 1.35 bits per heavy atom. The Balaban J connectivity index is 2.37. The number of hydrogen-bond donors (Lipinski definition) is 1. The maximum Gasteiger partial charge on any atom is 0.171 e. The van der Waals surface area contributed by atoms with Crippen LogP contribution in [0.25, 0.3) is 0 Å². The van der Waals surface area contributed by atoms with E-state index in [4.69, 9.17) is 9.47 Å². The Kier molecular flexibility index (Phi) is 3.64. The zero-order valence-corrected chi connectivity index (χ0v) is 9.91. The van der Waals surface area contributed by atoms with Crippen LogP contribution in [0.2, 0.25) is 0 Å². The van der Waals surface area contributed by atoms with Crippen molar-refractivity contribution < 1.29 is 19.0 Å². The summed E-state index contributed by atoms with van der Waals surface area (Å²) in [5.74, 6) is -0.305. The molecular weight excluding hydrogens is 223 g/mol. The summed E-state index contributed by atoms with van der Waals surface area (Å²) in [6.07, 6.45) is 1.65. The Bertz CT molecular complexity index is 384. The van der Waals surface area contributed by atoms with Crippen molar-refractivity contribution in [3.05, 3.63) is 29.6 Å². The van der Waals surface area contributed by atoms with Crippen LogP contribution < -0.4 is 4.74 Å². The topological polar surface area (TPSA) is 38.7 Å². The van der Waals surface area contributed by atoms with Gasteiger partial charge in [-0.1, -0.05) is 12.1 Å². The van der Waals surface area contributed by atoms with Crippen molar-refractivity contribution in [2.75, 3.05) is 20.3 Å². The molecule has 94 valence electrons. The summed E-state index contributed by atoms with van der Waals surface area (Å²) in [6.45, 7) is 1.07. The van der Waals surface area contributed by atoms with Gasteiger partial charge in [0.1, 0.15) is 0 Å². The average Bonchev–Trinajstić information content (AvgIpc) is 2.55. The smallest absolute Gasteiger partial charge is 0.171 e. The first kappa shape index (κ1) is 12.3. The molecular formula is C13H17FO3. The maximum absolute atomic E-state index is 14.1. The van der Waals surface area contributed by atoms with E-state index in [0.717, 1.165) is 6.42 Å². The zero-order valence-electron chi connectivity index (χ0n) is 9.91. The van der Waals surface area contributed by atoms with Crippen molar-refractivity contribution in [3.8, 4) is 5.75 Å². The van der Waals surface area contributed by atoms with Crippen molar-refractivity contribution in [3.63, 3.8) is 0 Å². The fourth-order valence-corrected chi connectivity index (χ4v) is 2.23. The van der Waals surface area contributed by atoms with Crippen LogP contribution >= 0.6 is 0 Å². The van der Waals surface area contributed by atoms with Gasteiger partial charge >= 0.3 is 0 Å². The highest BCUT2D eigenvalue weighted by Gasteiger charge is 2.33. The number of aliphatic hydroxyl groups is 1. The van der Waals surface area contributed by atoms with Crippen LogP contribution in [0.1, 0.15) is 24.8 Å². The molecule has 1 atom stereocenters. The van der Waals surface area contributed by atoms with E-state index in [1.165, 1.54) is 7.11 Å². The van der Waals surface area contributed by atoms with Gasteiger partial charge in [-0.3, -0.25) is 0 Å². The van der Waals surface area contributed by atoms with Crippen LogP contribution in [-0.4, -0.2) is 25.4 Å². The zero-order chi connectivity index (χ0) is 12.3. The van der Waals surface area contributed by atoms with Crippen LogP contribution in [0, 0.1) is 5.82 Å². The van der Waals surface area contributed by atoms with E-state index in [2.05, 4.69) is 0 Å². The van der Waals surface area contributed by atoms with Crippen LogP contribution in [0.5, 0.6) is 5.75 Å². The molecule has 3 nitrogen and oxygen atoms in total. The number of benzene rings is 1. The highest BCUT2D eigenvalue weighted by molar-refractivity contribution is 5.34. The van der Waals surface area contributed by atoms with E-state index in [1.54, 1.807) is 18.2 Å². The van der Waals surface area contributed by atoms with Gasteiger partial charge in [0.25, 0.3) is 0 Å². The summed E-state index contributed by atoms with van der Waals surface area (Å²) >= 11 is 0. The quantitative estimate of drug-likeness (QED) is 0.861.